The zero-order chi connectivity index (χ0) is 15.5. The van der Waals surface area contributed by atoms with Gasteiger partial charge in [0.25, 0.3) is 5.69 Å². The fraction of sp³-hybridized carbons (Fsp3) is 0.400. The third kappa shape index (κ3) is 3.41. The van der Waals surface area contributed by atoms with Gasteiger partial charge in [0.2, 0.25) is 5.28 Å². The van der Waals surface area contributed by atoms with Gasteiger partial charge in [0.15, 0.2) is 0 Å². The molecule has 0 aromatic heterocycles. The van der Waals surface area contributed by atoms with Gasteiger partial charge in [-0.3, -0.25) is 10.1 Å². The highest BCUT2D eigenvalue weighted by atomic mass is 32.2. The first-order chi connectivity index (χ1) is 9.16. The van der Waals surface area contributed by atoms with Crippen LogP contribution in [0.25, 0.3) is 0 Å². The Bertz CT molecular complexity index is 653. The van der Waals surface area contributed by atoms with E-state index in [-0.39, 0.29) is 5.56 Å². The van der Waals surface area contributed by atoms with Crippen LogP contribution in [0.5, 0.6) is 0 Å². The molecule has 1 aromatic carbocycles. The zero-order valence-corrected chi connectivity index (χ0v) is 11.8. The fourth-order valence-electron chi connectivity index (χ4n) is 1.21. The Morgan fingerprint density at radius 2 is 1.90 bits per heavy atom. The van der Waals surface area contributed by atoms with Crippen LogP contribution >= 0.6 is 0 Å². The molecule has 0 aliphatic heterocycles. The highest BCUT2D eigenvalue weighted by Crippen LogP contribution is 2.23. The van der Waals surface area contributed by atoms with Crippen LogP contribution in [0, 0.1) is 22.2 Å². The zero-order valence-electron chi connectivity index (χ0n) is 11.0. The lowest BCUT2D eigenvalue weighted by Gasteiger charge is -2.04. The lowest BCUT2D eigenvalue weighted by atomic mass is 10.2. The largest absolute Gasteiger partial charge is 0.580 e. The number of nitrogens with zero attached hydrogens (tertiary/aromatic N) is 3. The summed E-state index contributed by atoms with van der Waals surface area (Å²) in [5.74, 6) is 0. The summed E-state index contributed by atoms with van der Waals surface area (Å²) in [5, 5.41) is 25.0. The SMILES string of the molecule is Cc1ccc(S(=O)(=O)[N+]([O-])=NOC(C)C)cc1[N+](=O)[O-]. The van der Waals surface area contributed by atoms with Gasteiger partial charge >= 0.3 is 10.0 Å². The van der Waals surface area contributed by atoms with Gasteiger partial charge in [-0.2, -0.15) is 8.42 Å². The normalized spacial score (nSPS) is 12.5. The van der Waals surface area contributed by atoms with Gasteiger partial charge < -0.3 is 10.0 Å². The van der Waals surface area contributed by atoms with Crippen LogP contribution in [-0.4, -0.2) is 23.7 Å². The van der Waals surface area contributed by atoms with E-state index in [0.717, 1.165) is 12.1 Å². The minimum Gasteiger partial charge on any atom is -0.580 e. The van der Waals surface area contributed by atoms with Crippen molar-refractivity contribution in [3.8, 4) is 0 Å². The van der Waals surface area contributed by atoms with Gasteiger partial charge in [0.05, 0.1) is 9.19 Å². The molecule has 0 bridgehead atoms. The minimum atomic E-state index is -4.53. The molecule has 0 N–H and O–H groups in total. The van der Waals surface area contributed by atoms with Crippen LogP contribution in [-0.2, 0) is 14.9 Å². The summed E-state index contributed by atoms with van der Waals surface area (Å²) in [6.45, 7) is 4.57. The van der Waals surface area contributed by atoms with Crippen LogP contribution in [0.4, 0.5) is 5.69 Å². The van der Waals surface area contributed by atoms with Gasteiger partial charge in [0.1, 0.15) is 11.0 Å². The van der Waals surface area contributed by atoms with Crippen molar-refractivity contribution in [3.63, 3.8) is 0 Å². The number of nitro groups is 1. The number of rotatable bonds is 5. The maximum atomic E-state index is 11.8. The summed E-state index contributed by atoms with van der Waals surface area (Å²) in [4.78, 5) is 14.0. The molecule has 1 rings (SSSR count). The topological polar surface area (TPSA) is 125 Å². The molecule has 1 aromatic rings. The number of benzene rings is 1. The van der Waals surface area contributed by atoms with E-state index in [0.29, 0.717) is 0 Å². The molecule has 0 saturated heterocycles. The second-order valence-electron chi connectivity index (χ2n) is 4.15. The number of hydrogen-bond acceptors (Lipinski definition) is 7. The third-order valence-corrected chi connectivity index (χ3v) is 3.53. The molecule has 0 aliphatic rings. The molecule has 0 saturated carbocycles. The first kappa shape index (κ1) is 15.8. The smallest absolute Gasteiger partial charge is 0.432 e. The monoisotopic (exact) mass is 303 g/mol. The summed E-state index contributed by atoms with van der Waals surface area (Å²) in [6.07, 6.45) is -0.478. The lowest BCUT2D eigenvalue weighted by molar-refractivity contribution is -0.415. The van der Waals surface area contributed by atoms with E-state index >= 15 is 0 Å². The second-order valence-corrected chi connectivity index (χ2v) is 5.89. The van der Waals surface area contributed by atoms with Crippen molar-refractivity contribution in [2.24, 2.45) is 5.28 Å². The van der Waals surface area contributed by atoms with Crippen molar-refractivity contribution in [1.82, 2.24) is 0 Å². The number of nitro benzene ring substituents is 1. The van der Waals surface area contributed by atoms with Crippen molar-refractivity contribution in [2.75, 3.05) is 0 Å². The highest BCUT2D eigenvalue weighted by molar-refractivity contribution is 7.85. The van der Waals surface area contributed by atoms with Gasteiger partial charge in [-0.05, 0) is 26.8 Å². The van der Waals surface area contributed by atoms with Crippen molar-refractivity contribution >= 4 is 15.7 Å². The molecule has 9 nitrogen and oxygen atoms in total. The van der Waals surface area contributed by atoms with Crippen molar-refractivity contribution in [1.29, 1.82) is 0 Å². The predicted octanol–water partition coefficient (Wildman–Crippen LogP) is 1.89. The van der Waals surface area contributed by atoms with E-state index in [9.17, 15) is 23.7 Å². The van der Waals surface area contributed by atoms with Gasteiger partial charge in [-0.15, -0.1) is 0 Å². The maximum absolute atomic E-state index is 11.8. The van der Waals surface area contributed by atoms with Crippen LogP contribution in [0.15, 0.2) is 28.4 Å². The van der Waals surface area contributed by atoms with Crippen LogP contribution in [0.3, 0.4) is 0 Å². The quantitative estimate of drug-likeness (QED) is 0.354. The molecule has 0 atom stereocenters. The molecule has 0 heterocycles. The Morgan fingerprint density at radius 3 is 2.40 bits per heavy atom. The number of aryl methyl sites for hydroxylation is 1. The molecule has 0 aliphatic carbocycles. The molecule has 20 heavy (non-hydrogen) atoms. The van der Waals surface area contributed by atoms with E-state index in [4.69, 9.17) is 0 Å². The van der Waals surface area contributed by atoms with Crippen molar-refractivity contribution in [2.45, 2.75) is 31.8 Å². The second kappa shape index (κ2) is 5.82. The summed E-state index contributed by atoms with van der Waals surface area (Å²) in [5.41, 5.74) is -0.119. The molecular weight excluding hydrogens is 290 g/mol. The van der Waals surface area contributed by atoms with Gasteiger partial charge in [-0.25, -0.2) is 0 Å². The van der Waals surface area contributed by atoms with Crippen molar-refractivity contribution < 1.29 is 22.4 Å². The van der Waals surface area contributed by atoms with E-state index in [1.165, 1.54) is 13.0 Å². The molecule has 0 spiro atoms. The Morgan fingerprint density at radius 1 is 1.30 bits per heavy atom. The summed E-state index contributed by atoms with van der Waals surface area (Å²) < 4.78 is 23.1. The Labute approximate surface area is 115 Å². The lowest BCUT2D eigenvalue weighted by Crippen LogP contribution is -2.15. The average molecular weight is 303 g/mol. The average Bonchev–Trinajstić information content (AvgIpc) is 2.35. The first-order valence-electron chi connectivity index (χ1n) is 5.50. The molecule has 0 radical (unpaired) electrons. The molecule has 110 valence electrons. The third-order valence-electron chi connectivity index (χ3n) is 2.21. The van der Waals surface area contributed by atoms with E-state index in [2.05, 4.69) is 10.1 Å². The van der Waals surface area contributed by atoms with Crippen LogP contribution in [0.1, 0.15) is 19.4 Å². The van der Waals surface area contributed by atoms with E-state index < -0.39 is 35.9 Å². The van der Waals surface area contributed by atoms with Gasteiger partial charge in [0, 0.05) is 11.6 Å². The summed E-state index contributed by atoms with van der Waals surface area (Å²) >= 11 is 0. The Balaban J connectivity index is 3.26. The highest BCUT2D eigenvalue weighted by Gasteiger charge is 2.28. The maximum Gasteiger partial charge on any atom is 0.432 e. The van der Waals surface area contributed by atoms with Gasteiger partial charge in [-0.1, -0.05) is 6.07 Å². The molecule has 0 fully saturated rings. The minimum absolute atomic E-state index is 0.279. The fourth-order valence-corrected chi connectivity index (χ4v) is 2.02. The first-order valence-corrected chi connectivity index (χ1v) is 6.94. The van der Waals surface area contributed by atoms with E-state index in [1.54, 1.807) is 13.8 Å². The van der Waals surface area contributed by atoms with Crippen LogP contribution in [0.2, 0.25) is 0 Å². The van der Waals surface area contributed by atoms with Crippen molar-refractivity contribution in [3.05, 3.63) is 39.1 Å². The summed E-state index contributed by atoms with van der Waals surface area (Å²) in [6, 6.07) is 3.14. The Hall–Kier alpha value is -2.23. The molecule has 0 unspecified atom stereocenters. The number of hydrogen-bond donors (Lipinski definition) is 0. The van der Waals surface area contributed by atoms with E-state index in [1.807, 2.05) is 0 Å². The van der Waals surface area contributed by atoms with Crippen LogP contribution < -0.4 is 0 Å². The molecule has 0 amide bonds. The Kier molecular flexibility index (Phi) is 4.61. The number of sulfonamides is 1. The standard InChI is InChI=1S/C10H13N3O6S/c1-7(2)19-11-13(16)20(17,18)9-5-4-8(3)10(6-9)12(14)15/h4-7H,1-3H3. The summed E-state index contributed by atoms with van der Waals surface area (Å²) in [7, 11) is -4.53. The molecular formula is C10H13N3O6S. The molecule has 10 heteroatoms. The predicted molar refractivity (Wildman–Crippen MR) is 67.3 cm³/mol.